The van der Waals surface area contributed by atoms with E-state index >= 15 is 0 Å². The van der Waals surface area contributed by atoms with Gasteiger partial charge < -0.3 is 14.6 Å². The van der Waals surface area contributed by atoms with Crippen LogP contribution in [0.4, 0.5) is 4.79 Å². The minimum atomic E-state index is -1.02. The molecule has 2 atom stereocenters. The van der Waals surface area contributed by atoms with Gasteiger partial charge in [-0.1, -0.05) is 42.5 Å². The molecule has 2 aromatic carbocycles. The van der Waals surface area contributed by atoms with Crippen LogP contribution in [0.3, 0.4) is 0 Å². The fraction of sp³-hybridized carbons (Fsp3) is 0.300. The van der Waals surface area contributed by atoms with Gasteiger partial charge in [0.15, 0.2) is 0 Å². The van der Waals surface area contributed by atoms with Crippen molar-refractivity contribution in [2.45, 2.75) is 31.5 Å². The van der Waals surface area contributed by atoms with Crippen molar-refractivity contribution < 1.29 is 24.2 Å². The third-order valence-electron chi connectivity index (χ3n) is 4.59. The standard InChI is InChI=1S/C20H21NO5/c1-25-16-9-7-15(8-10-16)17-11-12-18(19(22)23)21(17)20(24)26-13-14-5-3-2-4-6-14/h2-10,17-18H,11-13H2,1H3,(H,22,23)/t17-,18-/m1/s1. The van der Waals surface area contributed by atoms with Gasteiger partial charge >= 0.3 is 12.1 Å². The van der Waals surface area contributed by atoms with E-state index in [1.54, 1.807) is 19.2 Å². The number of nitrogens with zero attached hydrogens (tertiary/aromatic N) is 1. The SMILES string of the molecule is COc1ccc([C@H]2CC[C@H](C(=O)O)N2C(=O)OCc2ccccc2)cc1. The lowest BCUT2D eigenvalue weighted by Crippen LogP contribution is -2.42. The maximum absolute atomic E-state index is 12.7. The van der Waals surface area contributed by atoms with Crippen molar-refractivity contribution in [1.29, 1.82) is 0 Å². The number of aliphatic carboxylic acids is 1. The summed E-state index contributed by atoms with van der Waals surface area (Å²) in [7, 11) is 1.58. The first-order valence-corrected chi connectivity index (χ1v) is 8.46. The normalized spacial score (nSPS) is 19.2. The second-order valence-corrected chi connectivity index (χ2v) is 6.17. The average Bonchev–Trinajstić information content (AvgIpc) is 3.12. The maximum atomic E-state index is 12.7. The molecule has 26 heavy (non-hydrogen) atoms. The van der Waals surface area contributed by atoms with Gasteiger partial charge in [-0.2, -0.15) is 0 Å². The molecule has 1 aliphatic rings. The van der Waals surface area contributed by atoms with E-state index in [-0.39, 0.29) is 12.6 Å². The monoisotopic (exact) mass is 355 g/mol. The molecule has 0 saturated carbocycles. The highest BCUT2D eigenvalue weighted by molar-refractivity contribution is 5.81. The third kappa shape index (κ3) is 3.79. The highest BCUT2D eigenvalue weighted by Gasteiger charge is 2.42. The first-order chi connectivity index (χ1) is 12.6. The van der Waals surface area contributed by atoms with Crippen LogP contribution in [0.25, 0.3) is 0 Å². The van der Waals surface area contributed by atoms with E-state index in [9.17, 15) is 14.7 Å². The van der Waals surface area contributed by atoms with Gasteiger partial charge in [0.25, 0.3) is 0 Å². The molecule has 1 N–H and O–H groups in total. The molecule has 1 heterocycles. The number of carboxylic acid groups (broad SMARTS) is 1. The van der Waals surface area contributed by atoms with Gasteiger partial charge in [0.1, 0.15) is 18.4 Å². The van der Waals surface area contributed by atoms with Gasteiger partial charge in [-0.05, 0) is 36.1 Å². The van der Waals surface area contributed by atoms with Crippen molar-refractivity contribution in [3.8, 4) is 5.75 Å². The molecule has 6 nitrogen and oxygen atoms in total. The van der Waals surface area contributed by atoms with Crippen molar-refractivity contribution in [3.05, 3.63) is 65.7 Å². The van der Waals surface area contributed by atoms with Gasteiger partial charge in [-0.25, -0.2) is 9.59 Å². The topological polar surface area (TPSA) is 76.1 Å². The van der Waals surface area contributed by atoms with Gasteiger partial charge in [-0.15, -0.1) is 0 Å². The zero-order valence-corrected chi connectivity index (χ0v) is 14.5. The Kier molecular flexibility index (Phi) is 5.41. The number of rotatable bonds is 5. The number of ether oxygens (including phenoxy) is 2. The summed E-state index contributed by atoms with van der Waals surface area (Å²) in [5.74, 6) is -0.308. The first-order valence-electron chi connectivity index (χ1n) is 8.46. The smallest absolute Gasteiger partial charge is 0.411 e. The van der Waals surface area contributed by atoms with E-state index in [0.29, 0.717) is 18.6 Å². The largest absolute Gasteiger partial charge is 0.497 e. The number of hydrogen-bond acceptors (Lipinski definition) is 4. The summed E-state index contributed by atoms with van der Waals surface area (Å²) >= 11 is 0. The second-order valence-electron chi connectivity index (χ2n) is 6.17. The molecule has 0 radical (unpaired) electrons. The van der Waals surface area contributed by atoms with Crippen LogP contribution in [0.5, 0.6) is 5.75 Å². The van der Waals surface area contributed by atoms with Crippen molar-refractivity contribution in [2.24, 2.45) is 0 Å². The molecule has 1 fully saturated rings. The molecule has 136 valence electrons. The van der Waals surface area contributed by atoms with E-state index in [4.69, 9.17) is 9.47 Å². The summed E-state index contributed by atoms with van der Waals surface area (Å²) in [4.78, 5) is 25.6. The number of methoxy groups -OCH3 is 1. The molecular weight excluding hydrogens is 334 g/mol. The first kappa shape index (κ1) is 17.8. The molecular formula is C20H21NO5. The Bertz CT molecular complexity index is 760. The summed E-state index contributed by atoms with van der Waals surface area (Å²) < 4.78 is 10.5. The minimum absolute atomic E-state index is 0.109. The van der Waals surface area contributed by atoms with Crippen LogP contribution < -0.4 is 4.74 Å². The predicted octanol–water partition coefficient (Wildman–Crippen LogP) is 3.62. The number of carbonyl (C=O) groups excluding carboxylic acids is 1. The summed E-state index contributed by atoms with van der Waals surface area (Å²) in [6, 6.07) is 15.4. The Labute approximate surface area is 152 Å². The number of hydrogen-bond donors (Lipinski definition) is 1. The van der Waals surface area contributed by atoms with Crippen molar-refractivity contribution >= 4 is 12.1 Å². The van der Waals surface area contributed by atoms with Gasteiger partial charge in [0.2, 0.25) is 0 Å². The van der Waals surface area contributed by atoms with Crippen LogP contribution in [0.15, 0.2) is 54.6 Å². The molecule has 1 amide bonds. The quantitative estimate of drug-likeness (QED) is 0.886. The Hall–Kier alpha value is -3.02. The fourth-order valence-electron chi connectivity index (χ4n) is 3.26. The Balaban J connectivity index is 1.77. The second kappa shape index (κ2) is 7.91. The Morgan fingerprint density at radius 2 is 1.77 bits per heavy atom. The molecule has 0 aromatic heterocycles. The molecule has 3 rings (SSSR count). The number of benzene rings is 2. The summed E-state index contributed by atoms with van der Waals surface area (Å²) in [5, 5.41) is 9.50. The molecule has 2 aromatic rings. The average molecular weight is 355 g/mol. The lowest BCUT2D eigenvalue weighted by molar-refractivity contribution is -0.142. The molecule has 1 aliphatic heterocycles. The van der Waals surface area contributed by atoms with Crippen LogP contribution in [0.2, 0.25) is 0 Å². The molecule has 0 unspecified atom stereocenters. The van der Waals surface area contributed by atoms with E-state index in [1.165, 1.54) is 4.90 Å². The number of carbonyl (C=O) groups is 2. The highest BCUT2D eigenvalue weighted by Crippen LogP contribution is 2.37. The zero-order chi connectivity index (χ0) is 18.5. The highest BCUT2D eigenvalue weighted by atomic mass is 16.6. The van der Waals surface area contributed by atoms with Crippen molar-refractivity contribution in [2.75, 3.05) is 7.11 Å². The van der Waals surface area contributed by atoms with E-state index in [0.717, 1.165) is 11.1 Å². The molecule has 1 saturated heterocycles. The van der Waals surface area contributed by atoms with Gasteiger partial charge in [0, 0.05) is 0 Å². The predicted molar refractivity (Wildman–Crippen MR) is 94.9 cm³/mol. The van der Waals surface area contributed by atoms with Crippen LogP contribution >= 0.6 is 0 Å². The molecule has 6 heteroatoms. The van der Waals surface area contributed by atoms with Crippen molar-refractivity contribution in [1.82, 2.24) is 4.90 Å². The number of carboxylic acids is 1. The van der Waals surface area contributed by atoms with Crippen LogP contribution in [-0.2, 0) is 16.1 Å². The fourth-order valence-corrected chi connectivity index (χ4v) is 3.26. The Morgan fingerprint density at radius 1 is 1.08 bits per heavy atom. The lowest BCUT2D eigenvalue weighted by atomic mass is 10.0. The molecule has 0 aliphatic carbocycles. The lowest BCUT2D eigenvalue weighted by Gasteiger charge is -2.28. The maximum Gasteiger partial charge on any atom is 0.411 e. The van der Waals surface area contributed by atoms with Crippen molar-refractivity contribution in [3.63, 3.8) is 0 Å². The van der Waals surface area contributed by atoms with Gasteiger partial charge in [-0.3, -0.25) is 4.90 Å². The van der Waals surface area contributed by atoms with E-state index in [1.807, 2.05) is 42.5 Å². The third-order valence-corrected chi connectivity index (χ3v) is 4.59. The van der Waals surface area contributed by atoms with Crippen LogP contribution in [0.1, 0.15) is 30.0 Å². The van der Waals surface area contributed by atoms with Crippen LogP contribution in [-0.4, -0.2) is 35.2 Å². The van der Waals surface area contributed by atoms with Gasteiger partial charge in [0.05, 0.1) is 13.2 Å². The van der Waals surface area contributed by atoms with Crippen LogP contribution in [0, 0.1) is 0 Å². The van der Waals surface area contributed by atoms with E-state index in [2.05, 4.69) is 0 Å². The number of likely N-dealkylation sites (tertiary alicyclic amines) is 1. The molecule has 0 bridgehead atoms. The molecule has 0 spiro atoms. The Morgan fingerprint density at radius 3 is 2.38 bits per heavy atom. The zero-order valence-electron chi connectivity index (χ0n) is 14.5. The summed E-state index contributed by atoms with van der Waals surface area (Å²) in [5.41, 5.74) is 1.72. The summed E-state index contributed by atoms with van der Waals surface area (Å²) in [6.45, 7) is 0.109. The minimum Gasteiger partial charge on any atom is -0.497 e. The summed E-state index contributed by atoms with van der Waals surface area (Å²) in [6.07, 6.45) is 0.357. The number of amides is 1. The van der Waals surface area contributed by atoms with E-state index < -0.39 is 18.1 Å².